The lowest BCUT2D eigenvalue weighted by atomic mass is 9.98. The number of rotatable bonds is 7. The summed E-state index contributed by atoms with van der Waals surface area (Å²) in [6.45, 7) is 0. The lowest BCUT2D eigenvalue weighted by Gasteiger charge is -2.26. The first-order chi connectivity index (χ1) is 28.2. The van der Waals surface area contributed by atoms with E-state index in [-0.39, 0.29) is 0 Å². The van der Waals surface area contributed by atoms with Gasteiger partial charge >= 0.3 is 0 Å². The van der Waals surface area contributed by atoms with Gasteiger partial charge in [-0.1, -0.05) is 133 Å². The van der Waals surface area contributed by atoms with E-state index in [1.807, 2.05) is 12.1 Å². The van der Waals surface area contributed by atoms with Gasteiger partial charge in [-0.05, 0) is 118 Å². The quantitative estimate of drug-likeness (QED) is 0.163. The molecule has 3 heteroatoms. The van der Waals surface area contributed by atoms with E-state index in [1.165, 1.54) is 44.1 Å². The summed E-state index contributed by atoms with van der Waals surface area (Å²) in [6, 6.07) is 78.1. The second-order valence-corrected chi connectivity index (χ2v) is 14.6. The fourth-order valence-electron chi connectivity index (χ4n) is 8.44. The molecular weight excluding hydrogens is 693 g/mol. The second kappa shape index (κ2) is 13.6. The number of hydrogen-bond acceptors (Lipinski definition) is 2. The molecule has 0 saturated heterocycles. The van der Waals surface area contributed by atoms with Gasteiger partial charge in [-0.25, -0.2) is 0 Å². The number of furan rings is 1. The van der Waals surface area contributed by atoms with Crippen LogP contribution in [0.15, 0.2) is 223 Å². The summed E-state index contributed by atoms with van der Waals surface area (Å²) in [7, 11) is 0. The number of benzene rings is 9. The van der Waals surface area contributed by atoms with Crippen LogP contribution in [-0.2, 0) is 0 Å². The molecular formula is C54H36N2O. The van der Waals surface area contributed by atoms with Crippen molar-refractivity contribution in [3.63, 3.8) is 0 Å². The van der Waals surface area contributed by atoms with Crippen molar-refractivity contribution in [1.29, 1.82) is 0 Å². The Labute approximate surface area is 330 Å². The van der Waals surface area contributed by atoms with Gasteiger partial charge in [0.05, 0.1) is 11.0 Å². The standard InChI is InChI=1S/C54H36N2O/c1-2-15-43(16-3-1)55(45-31-26-38(27-32-45)42-28-33-50-49-20-6-9-23-53(49)57-54(50)36-42)44-29-24-37(25-30-44)39-12-10-13-40(34-39)41-14-11-17-46(35-41)56-51-21-7-4-18-47(51)48-19-5-8-22-52(48)56/h1-36H. The van der Waals surface area contributed by atoms with Crippen molar-refractivity contribution in [3.05, 3.63) is 218 Å². The van der Waals surface area contributed by atoms with Gasteiger partial charge in [-0.2, -0.15) is 0 Å². The van der Waals surface area contributed by atoms with Crippen LogP contribution >= 0.6 is 0 Å². The van der Waals surface area contributed by atoms with Crippen LogP contribution in [0.5, 0.6) is 0 Å². The zero-order chi connectivity index (χ0) is 37.7. The lowest BCUT2D eigenvalue weighted by molar-refractivity contribution is 0.669. The summed E-state index contributed by atoms with van der Waals surface area (Å²) in [6.07, 6.45) is 0. The summed E-state index contributed by atoms with van der Waals surface area (Å²) < 4.78 is 8.58. The minimum absolute atomic E-state index is 0.905. The Morgan fingerprint density at radius 3 is 1.44 bits per heavy atom. The first-order valence-electron chi connectivity index (χ1n) is 19.4. The third-order valence-corrected chi connectivity index (χ3v) is 11.2. The smallest absolute Gasteiger partial charge is 0.136 e. The Balaban J connectivity index is 0.904. The number of anilines is 3. The highest BCUT2D eigenvalue weighted by molar-refractivity contribution is 6.09. The second-order valence-electron chi connectivity index (χ2n) is 14.6. The maximum atomic E-state index is 6.20. The highest BCUT2D eigenvalue weighted by atomic mass is 16.3. The molecule has 0 unspecified atom stereocenters. The fraction of sp³-hybridized carbons (Fsp3) is 0. The van der Waals surface area contributed by atoms with Crippen molar-refractivity contribution >= 4 is 60.8 Å². The molecule has 0 amide bonds. The first kappa shape index (κ1) is 32.8. The molecule has 2 heterocycles. The molecule has 0 radical (unpaired) electrons. The number of nitrogens with zero attached hydrogens (tertiary/aromatic N) is 2. The normalized spacial score (nSPS) is 11.5. The van der Waals surface area contributed by atoms with Crippen molar-refractivity contribution in [2.45, 2.75) is 0 Å². The summed E-state index contributed by atoms with van der Waals surface area (Å²) >= 11 is 0. The van der Waals surface area contributed by atoms with Gasteiger partial charge in [-0.15, -0.1) is 0 Å². The molecule has 0 spiro atoms. The van der Waals surface area contributed by atoms with Crippen LogP contribution in [-0.4, -0.2) is 4.57 Å². The van der Waals surface area contributed by atoms with E-state index in [2.05, 4.69) is 216 Å². The van der Waals surface area contributed by atoms with Gasteiger partial charge in [0.15, 0.2) is 0 Å². The predicted octanol–water partition coefficient (Wildman–Crippen LogP) is 15.2. The van der Waals surface area contributed by atoms with Crippen molar-refractivity contribution in [2.24, 2.45) is 0 Å². The van der Waals surface area contributed by atoms with E-state index in [4.69, 9.17) is 4.42 Å². The Hall–Kier alpha value is -7.62. The van der Waals surface area contributed by atoms with Crippen LogP contribution < -0.4 is 4.90 Å². The van der Waals surface area contributed by atoms with Crippen molar-refractivity contribution in [1.82, 2.24) is 4.57 Å². The zero-order valence-corrected chi connectivity index (χ0v) is 31.1. The number of fused-ring (bicyclic) bond motifs is 6. The molecule has 0 aliphatic carbocycles. The Morgan fingerprint density at radius 2 is 0.772 bits per heavy atom. The summed E-state index contributed by atoms with van der Waals surface area (Å²) in [5.41, 5.74) is 15.7. The number of hydrogen-bond donors (Lipinski definition) is 0. The van der Waals surface area contributed by atoms with Gasteiger partial charge in [0.1, 0.15) is 11.2 Å². The summed E-state index contributed by atoms with van der Waals surface area (Å²) in [4.78, 5) is 2.31. The molecule has 11 aromatic rings. The first-order valence-corrected chi connectivity index (χ1v) is 19.4. The van der Waals surface area contributed by atoms with Gasteiger partial charge in [-0.3, -0.25) is 0 Å². The molecule has 0 atom stereocenters. The van der Waals surface area contributed by atoms with Crippen molar-refractivity contribution in [3.8, 4) is 39.1 Å². The molecule has 0 saturated carbocycles. The van der Waals surface area contributed by atoms with E-state index in [1.54, 1.807) is 0 Å². The maximum Gasteiger partial charge on any atom is 0.136 e. The highest BCUT2D eigenvalue weighted by Crippen LogP contribution is 2.39. The number of para-hydroxylation sites is 4. The minimum atomic E-state index is 0.905. The van der Waals surface area contributed by atoms with Crippen molar-refractivity contribution in [2.75, 3.05) is 4.90 Å². The molecule has 0 N–H and O–H groups in total. The Kier molecular flexibility index (Phi) is 7.82. The lowest BCUT2D eigenvalue weighted by Crippen LogP contribution is -2.09. The topological polar surface area (TPSA) is 21.3 Å². The van der Waals surface area contributed by atoms with Crippen molar-refractivity contribution < 1.29 is 4.42 Å². The zero-order valence-electron chi connectivity index (χ0n) is 31.1. The molecule has 9 aromatic carbocycles. The molecule has 0 aliphatic heterocycles. The van der Waals surface area contributed by atoms with Crippen LogP contribution in [0.3, 0.4) is 0 Å². The van der Waals surface area contributed by atoms with E-state index < -0.39 is 0 Å². The van der Waals surface area contributed by atoms with Gasteiger partial charge in [0, 0.05) is 44.3 Å². The molecule has 3 nitrogen and oxygen atoms in total. The molecule has 0 fully saturated rings. The van der Waals surface area contributed by atoms with Gasteiger partial charge in [0.2, 0.25) is 0 Å². The molecule has 2 aromatic heterocycles. The SMILES string of the molecule is c1ccc(N(c2ccc(-c3cccc(-c4cccc(-n5c6ccccc6c6ccccc65)c4)c3)cc2)c2ccc(-c3ccc4c(c3)oc3ccccc34)cc2)cc1. The maximum absolute atomic E-state index is 6.20. The van der Waals surface area contributed by atoms with E-state index in [0.29, 0.717) is 0 Å². The monoisotopic (exact) mass is 728 g/mol. The summed E-state index contributed by atoms with van der Waals surface area (Å²) in [5, 5.41) is 4.82. The average molecular weight is 729 g/mol. The van der Waals surface area contributed by atoms with Gasteiger partial charge in [0.25, 0.3) is 0 Å². The molecule has 11 rings (SSSR count). The van der Waals surface area contributed by atoms with Crippen LogP contribution in [0.4, 0.5) is 17.1 Å². The van der Waals surface area contributed by atoms with Crippen LogP contribution in [0, 0.1) is 0 Å². The third kappa shape index (κ3) is 5.76. The highest BCUT2D eigenvalue weighted by Gasteiger charge is 2.15. The predicted molar refractivity (Wildman–Crippen MR) is 239 cm³/mol. The Bertz CT molecular complexity index is 3170. The number of aromatic nitrogens is 1. The van der Waals surface area contributed by atoms with Crippen LogP contribution in [0.25, 0.3) is 82.8 Å². The third-order valence-electron chi connectivity index (χ3n) is 11.2. The van der Waals surface area contributed by atoms with Crippen LogP contribution in [0.1, 0.15) is 0 Å². The average Bonchev–Trinajstić information content (AvgIpc) is 3.83. The Morgan fingerprint density at radius 1 is 0.298 bits per heavy atom. The molecule has 0 aliphatic rings. The van der Waals surface area contributed by atoms with E-state index >= 15 is 0 Å². The van der Waals surface area contributed by atoms with Gasteiger partial charge < -0.3 is 13.9 Å². The molecule has 0 bridgehead atoms. The van der Waals surface area contributed by atoms with E-state index in [0.717, 1.165) is 55.8 Å². The van der Waals surface area contributed by atoms with E-state index in [9.17, 15) is 0 Å². The largest absolute Gasteiger partial charge is 0.456 e. The van der Waals surface area contributed by atoms with Crippen LogP contribution in [0.2, 0.25) is 0 Å². The fourth-order valence-corrected chi connectivity index (χ4v) is 8.44. The molecule has 268 valence electrons. The molecule has 57 heavy (non-hydrogen) atoms. The summed E-state index contributed by atoms with van der Waals surface area (Å²) in [5.74, 6) is 0. The minimum Gasteiger partial charge on any atom is -0.456 e.